The summed E-state index contributed by atoms with van der Waals surface area (Å²) in [5.74, 6) is 0.672. The predicted octanol–water partition coefficient (Wildman–Crippen LogP) is -0.424. The third-order valence-corrected chi connectivity index (χ3v) is 3.96. The average Bonchev–Trinajstić information content (AvgIpc) is 2.55. The van der Waals surface area contributed by atoms with E-state index in [9.17, 15) is 9.59 Å². The maximum Gasteiger partial charge on any atom is 0.241 e. The van der Waals surface area contributed by atoms with Crippen LogP contribution in [-0.4, -0.2) is 40.3 Å². The van der Waals surface area contributed by atoms with Gasteiger partial charge >= 0.3 is 0 Å². The van der Waals surface area contributed by atoms with Gasteiger partial charge in [0, 0.05) is 5.75 Å². The molecule has 2 aliphatic rings. The first-order valence-corrected chi connectivity index (χ1v) is 5.43. The van der Waals surface area contributed by atoms with Crippen molar-refractivity contribution in [3.63, 3.8) is 0 Å². The fraction of sp³-hybridized carbons (Fsp3) is 0.750. The van der Waals surface area contributed by atoms with Gasteiger partial charge in [-0.3, -0.25) is 4.79 Å². The molecule has 0 radical (unpaired) electrons. The standard InChI is InChI=1S/C8H12N2O2S/c9-6-1-2-7-10(8(6)12)5(3-11)4-13-7/h3,5-7H,1-2,4,9H2/t5-,6+,7?/m1/s1. The third-order valence-electron chi connectivity index (χ3n) is 2.58. The minimum atomic E-state index is -0.391. The number of fused-ring (bicyclic) bond motifs is 1. The Bertz CT molecular complexity index is 246. The molecule has 0 aromatic heterocycles. The largest absolute Gasteiger partial charge is 0.320 e. The van der Waals surface area contributed by atoms with E-state index in [1.165, 1.54) is 0 Å². The quantitative estimate of drug-likeness (QED) is 0.584. The van der Waals surface area contributed by atoms with E-state index in [0.717, 1.165) is 24.9 Å². The Labute approximate surface area is 80.8 Å². The van der Waals surface area contributed by atoms with Gasteiger partial charge in [0.2, 0.25) is 5.91 Å². The number of rotatable bonds is 1. The highest BCUT2D eigenvalue weighted by molar-refractivity contribution is 8.00. The van der Waals surface area contributed by atoms with Crippen LogP contribution in [0.1, 0.15) is 12.8 Å². The highest BCUT2D eigenvalue weighted by atomic mass is 32.2. The summed E-state index contributed by atoms with van der Waals surface area (Å²) in [5.41, 5.74) is 5.63. The first-order valence-electron chi connectivity index (χ1n) is 4.38. The molecule has 4 nitrogen and oxygen atoms in total. The summed E-state index contributed by atoms with van der Waals surface area (Å²) in [6.45, 7) is 0. The van der Waals surface area contributed by atoms with Crippen molar-refractivity contribution in [3.8, 4) is 0 Å². The molecule has 2 aliphatic heterocycles. The van der Waals surface area contributed by atoms with Crippen molar-refractivity contribution < 1.29 is 9.59 Å². The smallest absolute Gasteiger partial charge is 0.241 e. The van der Waals surface area contributed by atoms with Gasteiger partial charge in [0.25, 0.3) is 0 Å². The second kappa shape index (κ2) is 3.31. The summed E-state index contributed by atoms with van der Waals surface area (Å²) in [4.78, 5) is 23.9. The SMILES string of the molecule is N[C@H]1CCC2SC[C@@H](C=O)N2C1=O. The van der Waals surface area contributed by atoms with Crippen molar-refractivity contribution in [1.82, 2.24) is 4.90 Å². The maximum absolute atomic E-state index is 11.6. The Hall–Kier alpha value is -0.550. The summed E-state index contributed by atoms with van der Waals surface area (Å²) >= 11 is 1.68. The molecule has 2 fully saturated rings. The first kappa shape index (κ1) is 9.02. The maximum atomic E-state index is 11.6. The number of carbonyl (C=O) groups excluding carboxylic acids is 2. The van der Waals surface area contributed by atoms with Crippen LogP contribution in [0.5, 0.6) is 0 Å². The van der Waals surface area contributed by atoms with Crippen LogP contribution in [0.2, 0.25) is 0 Å². The third kappa shape index (κ3) is 1.36. The zero-order chi connectivity index (χ0) is 9.42. The average molecular weight is 200 g/mol. The van der Waals surface area contributed by atoms with Gasteiger partial charge in [0.05, 0.1) is 17.5 Å². The first-order chi connectivity index (χ1) is 6.24. The number of carbonyl (C=O) groups is 2. The Morgan fingerprint density at radius 3 is 3.00 bits per heavy atom. The minimum absolute atomic E-state index is 0.0571. The van der Waals surface area contributed by atoms with E-state index < -0.39 is 6.04 Å². The molecule has 2 N–H and O–H groups in total. The minimum Gasteiger partial charge on any atom is -0.320 e. The Balaban J connectivity index is 2.19. The zero-order valence-electron chi connectivity index (χ0n) is 7.18. The number of piperidine rings is 1. The zero-order valence-corrected chi connectivity index (χ0v) is 8.00. The summed E-state index contributed by atoms with van der Waals surface area (Å²) in [7, 11) is 0. The summed E-state index contributed by atoms with van der Waals surface area (Å²) in [6.07, 6.45) is 2.52. The van der Waals surface area contributed by atoms with E-state index >= 15 is 0 Å². The molecule has 3 atom stereocenters. The lowest BCUT2D eigenvalue weighted by Crippen LogP contribution is -2.53. The molecule has 5 heteroatoms. The molecule has 13 heavy (non-hydrogen) atoms. The molecule has 2 heterocycles. The van der Waals surface area contributed by atoms with Crippen LogP contribution >= 0.6 is 11.8 Å². The summed E-state index contributed by atoms with van der Waals surface area (Å²) in [6, 6.07) is -0.633. The normalized spacial score (nSPS) is 39.0. The van der Waals surface area contributed by atoms with E-state index in [2.05, 4.69) is 0 Å². The molecule has 1 unspecified atom stereocenters. The van der Waals surface area contributed by atoms with Crippen molar-refractivity contribution in [2.45, 2.75) is 30.3 Å². The van der Waals surface area contributed by atoms with Crippen LogP contribution in [0, 0.1) is 0 Å². The summed E-state index contributed by atoms with van der Waals surface area (Å²) in [5, 5.41) is 0.197. The van der Waals surface area contributed by atoms with Gasteiger partial charge in [-0.1, -0.05) is 0 Å². The number of nitrogens with two attached hydrogens (primary N) is 1. The Morgan fingerprint density at radius 2 is 2.31 bits per heavy atom. The van der Waals surface area contributed by atoms with Gasteiger partial charge in [-0.25, -0.2) is 0 Å². The fourth-order valence-corrected chi connectivity index (χ4v) is 3.24. The van der Waals surface area contributed by atoms with Crippen LogP contribution in [0.25, 0.3) is 0 Å². The molecule has 0 spiro atoms. The van der Waals surface area contributed by atoms with Crippen molar-refractivity contribution in [2.75, 3.05) is 5.75 Å². The molecular weight excluding hydrogens is 188 g/mol. The van der Waals surface area contributed by atoms with Crippen LogP contribution in [0.4, 0.5) is 0 Å². The van der Waals surface area contributed by atoms with Crippen LogP contribution < -0.4 is 5.73 Å². The van der Waals surface area contributed by atoms with E-state index in [1.807, 2.05) is 0 Å². The number of thioether (sulfide) groups is 1. The molecular formula is C8H12N2O2S. The lowest BCUT2D eigenvalue weighted by atomic mass is 10.0. The van der Waals surface area contributed by atoms with Crippen molar-refractivity contribution in [3.05, 3.63) is 0 Å². The monoisotopic (exact) mass is 200 g/mol. The molecule has 0 aromatic carbocycles. The topological polar surface area (TPSA) is 63.4 Å². The number of hydrogen-bond acceptors (Lipinski definition) is 4. The van der Waals surface area contributed by atoms with Crippen LogP contribution in [0.3, 0.4) is 0 Å². The molecule has 72 valence electrons. The summed E-state index contributed by atoms with van der Waals surface area (Å²) < 4.78 is 0. The predicted molar refractivity (Wildman–Crippen MR) is 50.2 cm³/mol. The highest BCUT2D eigenvalue weighted by Gasteiger charge is 2.42. The van der Waals surface area contributed by atoms with E-state index in [1.54, 1.807) is 16.7 Å². The van der Waals surface area contributed by atoms with Crippen molar-refractivity contribution >= 4 is 24.0 Å². The molecule has 0 aromatic rings. The molecule has 2 rings (SSSR count). The number of aldehydes is 1. The lowest BCUT2D eigenvalue weighted by Gasteiger charge is -2.34. The second-order valence-corrected chi connectivity index (χ2v) is 4.63. The van der Waals surface area contributed by atoms with Crippen LogP contribution in [-0.2, 0) is 9.59 Å². The van der Waals surface area contributed by atoms with Crippen LogP contribution in [0.15, 0.2) is 0 Å². The number of hydrogen-bond donors (Lipinski definition) is 1. The van der Waals surface area contributed by atoms with E-state index in [4.69, 9.17) is 5.73 Å². The van der Waals surface area contributed by atoms with Gasteiger partial charge in [-0.15, -0.1) is 11.8 Å². The Morgan fingerprint density at radius 1 is 1.54 bits per heavy atom. The molecule has 0 bridgehead atoms. The molecule has 2 saturated heterocycles. The van der Waals surface area contributed by atoms with Crippen molar-refractivity contribution in [1.29, 1.82) is 0 Å². The van der Waals surface area contributed by atoms with E-state index in [0.29, 0.717) is 0 Å². The number of nitrogens with zero attached hydrogens (tertiary/aromatic N) is 1. The lowest BCUT2D eigenvalue weighted by molar-refractivity contribution is -0.139. The van der Waals surface area contributed by atoms with Gasteiger partial charge < -0.3 is 15.4 Å². The molecule has 0 aliphatic carbocycles. The van der Waals surface area contributed by atoms with Gasteiger partial charge in [-0.2, -0.15) is 0 Å². The van der Waals surface area contributed by atoms with Gasteiger partial charge in [-0.05, 0) is 12.8 Å². The fourth-order valence-electron chi connectivity index (χ4n) is 1.85. The Kier molecular flexibility index (Phi) is 2.29. The molecule has 0 saturated carbocycles. The highest BCUT2D eigenvalue weighted by Crippen LogP contribution is 2.35. The molecule has 1 amide bonds. The number of amides is 1. The van der Waals surface area contributed by atoms with Gasteiger partial charge in [0.1, 0.15) is 6.29 Å². The van der Waals surface area contributed by atoms with E-state index in [-0.39, 0.29) is 17.3 Å². The van der Waals surface area contributed by atoms with Gasteiger partial charge in [0.15, 0.2) is 0 Å². The second-order valence-electron chi connectivity index (χ2n) is 3.42. The van der Waals surface area contributed by atoms with Crippen molar-refractivity contribution in [2.24, 2.45) is 5.73 Å².